The van der Waals surface area contributed by atoms with Gasteiger partial charge in [-0.15, -0.1) is 0 Å². The van der Waals surface area contributed by atoms with Crippen LogP contribution in [0, 0.1) is 6.92 Å². The average molecular weight is 486 g/mol. The second kappa shape index (κ2) is 10.7. The zero-order chi connectivity index (χ0) is 25.8. The van der Waals surface area contributed by atoms with Gasteiger partial charge in [0.2, 0.25) is 0 Å². The summed E-state index contributed by atoms with van der Waals surface area (Å²) in [7, 11) is 3.15. The predicted octanol–water partition coefficient (Wildman–Crippen LogP) is 5.24. The standard InChI is InChI=1S/C30H31NO5/c1-5-20-8-13-22(14-9-20)27-26(28(32)23-11-6-19(2)7-12-23)29(33)30(34)31(27)17-16-21-10-15-24(35-3)25(18-21)36-4/h6-15,18,27,32H,5,16-17H2,1-4H3/b28-26-. The molecule has 1 aliphatic rings. The SMILES string of the molecule is CCc1ccc(C2/C(=C(/O)c3ccc(C)cc3)C(=O)C(=O)N2CCc2ccc(OC)c(OC)c2)cc1. The van der Waals surface area contributed by atoms with Crippen LogP contribution in [0.3, 0.4) is 0 Å². The first-order chi connectivity index (χ1) is 17.4. The Labute approximate surface area is 211 Å². The summed E-state index contributed by atoms with van der Waals surface area (Å²) in [6.45, 7) is 4.32. The average Bonchev–Trinajstić information content (AvgIpc) is 3.16. The number of rotatable bonds is 8. The van der Waals surface area contributed by atoms with E-state index in [9.17, 15) is 14.7 Å². The van der Waals surface area contributed by atoms with Gasteiger partial charge in [-0.1, -0.05) is 67.1 Å². The van der Waals surface area contributed by atoms with Crippen molar-refractivity contribution in [2.75, 3.05) is 20.8 Å². The van der Waals surface area contributed by atoms with E-state index in [0.29, 0.717) is 30.0 Å². The summed E-state index contributed by atoms with van der Waals surface area (Å²) in [5.74, 6) is -0.232. The number of likely N-dealkylation sites (tertiary alicyclic amines) is 1. The van der Waals surface area contributed by atoms with Crippen LogP contribution in [0.15, 0.2) is 72.3 Å². The third-order valence-corrected chi connectivity index (χ3v) is 6.66. The van der Waals surface area contributed by atoms with Crippen LogP contribution in [0.2, 0.25) is 0 Å². The van der Waals surface area contributed by atoms with Crippen molar-refractivity contribution in [2.24, 2.45) is 0 Å². The molecule has 0 aromatic heterocycles. The van der Waals surface area contributed by atoms with Crippen molar-refractivity contribution in [2.45, 2.75) is 32.7 Å². The van der Waals surface area contributed by atoms with Crippen LogP contribution in [-0.4, -0.2) is 42.5 Å². The number of Topliss-reactive ketones (excluding diaryl/α,β-unsaturated/α-hetero) is 1. The Hall–Kier alpha value is -4.06. The fourth-order valence-electron chi connectivity index (χ4n) is 4.55. The lowest BCUT2D eigenvalue weighted by Crippen LogP contribution is -2.31. The number of methoxy groups -OCH3 is 2. The summed E-state index contributed by atoms with van der Waals surface area (Å²) in [5.41, 5.74) is 4.53. The van der Waals surface area contributed by atoms with Gasteiger partial charge in [0.25, 0.3) is 11.7 Å². The van der Waals surface area contributed by atoms with Crippen LogP contribution >= 0.6 is 0 Å². The molecule has 0 saturated carbocycles. The molecular weight excluding hydrogens is 454 g/mol. The summed E-state index contributed by atoms with van der Waals surface area (Å²) >= 11 is 0. The van der Waals surface area contributed by atoms with E-state index < -0.39 is 17.7 Å². The first-order valence-electron chi connectivity index (χ1n) is 12.0. The molecule has 0 spiro atoms. The van der Waals surface area contributed by atoms with Gasteiger partial charge in [-0.25, -0.2) is 0 Å². The van der Waals surface area contributed by atoms with E-state index in [1.54, 1.807) is 31.3 Å². The van der Waals surface area contributed by atoms with Gasteiger partial charge in [-0.2, -0.15) is 0 Å². The van der Waals surface area contributed by atoms with Crippen molar-refractivity contribution in [3.8, 4) is 11.5 Å². The van der Waals surface area contributed by atoms with E-state index in [4.69, 9.17) is 9.47 Å². The maximum atomic E-state index is 13.3. The molecule has 1 N–H and O–H groups in total. The van der Waals surface area contributed by atoms with Crippen LogP contribution in [0.1, 0.15) is 40.8 Å². The lowest BCUT2D eigenvalue weighted by Gasteiger charge is -2.25. The van der Waals surface area contributed by atoms with Crippen molar-refractivity contribution in [3.05, 3.63) is 100 Å². The number of benzene rings is 3. The molecule has 1 unspecified atom stereocenters. The highest BCUT2D eigenvalue weighted by Gasteiger charge is 2.45. The first-order valence-corrected chi connectivity index (χ1v) is 12.0. The van der Waals surface area contributed by atoms with Crippen molar-refractivity contribution in [1.82, 2.24) is 4.90 Å². The third kappa shape index (κ3) is 4.85. The zero-order valence-corrected chi connectivity index (χ0v) is 21.1. The quantitative estimate of drug-likeness (QED) is 0.268. The number of aliphatic hydroxyl groups is 1. The maximum Gasteiger partial charge on any atom is 0.295 e. The molecule has 1 saturated heterocycles. The van der Waals surface area contributed by atoms with Crippen LogP contribution in [0.4, 0.5) is 0 Å². The minimum atomic E-state index is -0.683. The minimum Gasteiger partial charge on any atom is -0.507 e. The highest BCUT2D eigenvalue weighted by molar-refractivity contribution is 6.46. The molecule has 3 aromatic rings. The van der Waals surface area contributed by atoms with Gasteiger partial charge < -0.3 is 19.5 Å². The number of hydrogen-bond donors (Lipinski definition) is 1. The Morgan fingerprint density at radius 2 is 1.53 bits per heavy atom. The number of aryl methyl sites for hydroxylation is 2. The Kier molecular flexibility index (Phi) is 7.44. The Morgan fingerprint density at radius 3 is 2.14 bits per heavy atom. The number of ketones is 1. The van der Waals surface area contributed by atoms with Crippen LogP contribution in [-0.2, 0) is 22.4 Å². The molecule has 36 heavy (non-hydrogen) atoms. The smallest absolute Gasteiger partial charge is 0.295 e. The Morgan fingerprint density at radius 1 is 0.889 bits per heavy atom. The van der Waals surface area contributed by atoms with Gasteiger partial charge in [-0.3, -0.25) is 9.59 Å². The zero-order valence-electron chi connectivity index (χ0n) is 21.1. The van der Waals surface area contributed by atoms with Crippen LogP contribution in [0.5, 0.6) is 11.5 Å². The summed E-state index contributed by atoms with van der Waals surface area (Å²) in [5, 5.41) is 11.2. The topological polar surface area (TPSA) is 76.1 Å². The number of ether oxygens (including phenoxy) is 2. The van der Waals surface area contributed by atoms with Gasteiger partial charge >= 0.3 is 0 Å². The fraction of sp³-hybridized carbons (Fsp3) is 0.267. The minimum absolute atomic E-state index is 0.111. The largest absolute Gasteiger partial charge is 0.507 e. The van der Waals surface area contributed by atoms with Gasteiger partial charge in [0.1, 0.15) is 5.76 Å². The molecular formula is C30H31NO5. The van der Waals surface area contributed by atoms with Gasteiger partial charge in [0, 0.05) is 12.1 Å². The van der Waals surface area contributed by atoms with E-state index in [1.807, 2.05) is 61.5 Å². The highest BCUT2D eigenvalue weighted by atomic mass is 16.5. The number of aliphatic hydroxyl groups excluding tert-OH is 1. The van der Waals surface area contributed by atoms with E-state index in [0.717, 1.165) is 28.7 Å². The van der Waals surface area contributed by atoms with Crippen LogP contribution < -0.4 is 9.47 Å². The lowest BCUT2D eigenvalue weighted by atomic mass is 9.94. The monoisotopic (exact) mass is 485 g/mol. The molecule has 0 radical (unpaired) electrons. The maximum absolute atomic E-state index is 13.3. The normalized spacial score (nSPS) is 16.9. The van der Waals surface area contributed by atoms with Crippen molar-refractivity contribution in [3.63, 3.8) is 0 Å². The summed E-state index contributed by atoms with van der Waals surface area (Å²) in [6.07, 6.45) is 1.38. The summed E-state index contributed by atoms with van der Waals surface area (Å²) in [4.78, 5) is 28.1. The molecule has 4 rings (SSSR count). The van der Waals surface area contributed by atoms with E-state index in [1.165, 1.54) is 0 Å². The molecule has 3 aromatic carbocycles. The van der Waals surface area contributed by atoms with E-state index in [2.05, 4.69) is 6.92 Å². The summed E-state index contributed by atoms with van der Waals surface area (Å²) < 4.78 is 10.7. The lowest BCUT2D eigenvalue weighted by molar-refractivity contribution is -0.139. The molecule has 1 aliphatic heterocycles. The van der Waals surface area contributed by atoms with Crippen molar-refractivity contribution >= 4 is 17.4 Å². The molecule has 6 heteroatoms. The fourth-order valence-corrected chi connectivity index (χ4v) is 4.55. The van der Waals surface area contributed by atoms with Gasteiger partial charge in [-0.05, 0) is 48.6 Å². The van der Waals surface area contributed by atoms with Gasteiger partial charge in [0.15, 0.2) is 11.5 Å². The number of amides is 1. The number of nitrogens with zero attached hydrogens (tertiary/aromatic N) is 1. The number of carbonyl (C=O) groups excluding carboxylic acids is 2. The first kappa shape index (κ1) is 25.0. The van der Waals surface area contributed by atoms with E-state index in [-0.39, 0.29) is 11.3 Å². The molecule has 1 amide bonds. The van der Waals surface area contributed by atoms with E-state index >= 15 is 0 Å². The predicted molar refractivity (Wildman–Crippen MR) is 139 cm³/mol. The highest BCUT2D eigenvalue weighted by Crippen LogP contribution is 2.40. The molecule has 0 bridgehead atoms. The van der Waals surface area contributed by atoms with Gasteiger partial charge in [0.05, 0.1) is 25.8 Å². The molecule has 0 aliphatic carbocycles. The number of hydrogen-bond acceptors (Lipinski definition) is 5. The Balaban J connectivity index is 1.74. The van der Waals surface area contributed by atoms with Crippen molar-refractivity contribution in [1.29, 1.82) is 0 Å². The second-order valence-corrected chi connectivity index (χ2v) is 8.89. The summed E-state index contributed by atoms with van der Waals surface area (Å²) in [6, 6.07) is 20.0. The molecule has 1 heterocycles. The molecule has 1 atom stereocenters. The van der Waals surface area contributed by atoms with Crippen LogP contribution in [0.25, 0.3) is 5.76 Å². The molecule has 6 nitrogen and oxygen atoms in total. The second-order valence-electron chi connectivity index (χ2n) is 8.89. The Bertz CT molecular complexity index is 1290. The third-order valence-electron chi connectivity index (χ3n) is 6.66. The van der Waals surface area contributed by atoms with Crippen molar-refractivity contribution < 1.29 is 24.2 Å². The number of carbonyl (C=O) groups is 2. The molecule has 1 fully saturated rings. The molecule has 186 valence electrons.